The van der Waals surface area contributed by atoms with Crippen LogP contribution in [-0.2, 0) is 6.42 Å². The summed E-state index contributed by atoms with van der Waals surface area (Å²) in [7, 11) is 0. The number of hydrogen-bond acceptors (Lipinski definition) is 3. The molecule has 1 heterocycles. The predicted molar refractivity (Wildman–Crippen MR) is 71.3 cm³/mol. The van der Waals surface area contributed by atoms with E-state index in [4.69, 9.17) is 4.42 Å². The molecule has 3 aromatic rings. The van der Waals surface area contributed by atoms with E-state index in [1.54, 1.807) is 24.3 Å². The molecule has 1 N–H and O–H groups in total. The fraction of sp³-hybridized carbons (Fsp3) is 0.0667. The van der Waals surface area contributed by atoms with Gasteiger partial charge < -0.3 is 4.42 Å². The van der Waals surface area contributed by atoms with Crippen molar-refractivity contribution in [3.8, 4) is 0 Å². The lowest BCUT2D eigenvalue weighted by atomic mass is 10.0. The van der Waals surface area contributed by atoms with Crippen LogP contribution in [-0.4, -0.2) is 10.8 Å². The van der Waals surface area contributed by atoms with Crippen LogP contribution in [0.4, 0.5) is 4.39 Å². The Hall–Kier alpha value is -2.69. The Morgan fingerprint density at radius 3 is 2.85 bits per heavy atom. The third-order valence-electron chi connectivity index (χ3n) is 3.00. The summed E-state index contributed by atoms with van der Waals surface area (Å²) in [6.45, 7) is 0. The summed E-state index contributed by atoms with van der Waals surface area (Å²) in [4.78, 5) is 25.7. The molecule has 0 saturated heterocycles. The van der Waals surface area contributed by atoms with Gasteiger partial charge in [-0.25, -0.2) is 9.18 Å². The van der Waals surface area contributed by atoms with E-state index in [9.17, 15) is 14.0 Å². The number of H-pyrrole nitrogens is 1. The fourth-order valence-corrected chi connectivity index (χ4v) is 2.05. The van der Waals surface area contributed by atoms with Crippen molar-refractivity contribution in [2.24, 2.45) is 0 Å². The Morgan fingerprint density at radius 2 is 2.05 bits per heavy atom. The minimum absolute atomic E-state index is 0.0952. The third kappa shape index (κ3) is 2.38. The predicted octanol–water partition coefficient (Wildman–Crippen LogP) is 2.69. The molecular formula is C15H10FNO3. The zero-order valence-corrected chi connectivity index (χ0v) is 10.4. The second-order valence-corrected chi connectivity index (χ2v) is 4.46. The topological polar surface area (TPSA) is 63.1 Å². The number of carbonyl (C=O) groups excluding carboxylic acids is 1. The van der Waals surface area contributed by atoms with Crippen LogP contribution in [0.2, 0.25) is 0 Å². The maximum absolute atomic E-state index is 13.1. The van der Waals surface area contributed by atoms with Gasteiger partial charge in [0.25, 0.3) is 0 Å². The fourth-order valence-electron chi connectivity index (χ4n) is 2.05. The van der Waals surface area contributed by atoms with Gasteiger partial charge in [-0.15, -0.1) is 0 Å². The number of nitrogens with one attached hydrogen (secondary N) is 1. The van der Waals surface area contributed by atoms with Crippen molar-refractivity contribution in [2.75, 3.05) is 0 Å². The van der Waals surface area contributed by atoms with Crippen molar-refractivity contribution < 1.29 is 13.6 Å². The van der Waals surface area contributed by atoms with E-state index in [1.807, 2.05) is 0 Å². The van der Waals surface area contributed by atoms with Crippen LogP contribution in [0.25, 0.3) is 11.1 Å². The van der Waals surface area contributed by atoms with E-state index >= 15 is 0 Å². The lowest BCUT2D eigenvalue weighted by Gasteiger charge is -2.01. The Bertz CT molecular complexity index is 847. The second-order valence-electron chi connectivity index (χ2n) is 4.46. The quantitative estimate of drug-likeness (QED) is 0.745. The van der Waals surface area contributed by atoms with Crippen LogP contribution in [0.3, 0.4) is 0 Å². The monoisotopic (exact) mass is 271 g/mol. The minimum atomic E-state index is -0.560. The van der Waals surface area contributed by atoms with Crippen LogP contribution in [0, 0.1) is 5.82 Å². The van der Waals surface area contributed by atoms with Crippen molar-refractivity contribution in [1.29, 1.82) is 0 Å². The number of Topliss-reactive ketones (excluding diaryl/α,β-unsaturated/α-hetero) is 1. The maximum Gasteiger partial charge on any atom is 0.417 e. The van der Waals surface area contributed by atoms with Gasteiger partial charge in [0.2, 0.25) is 0 Å². The van der Waals surface area contributed by atoms with Gasteiger partial charge in [0.15, 0.2) is 11.4 Å². The molecule has 0 fully saturated rings. The number of halogens is 1. The van der Waals surface area contributed by atoms with E-state index in [2.05, 4.69) is 4.98 Å². The Balaban J connectivity index is 1.90. The summed E-state index contributed by atoms with van der Waals surface area (Å²) in [5.41, 5.74) is 1.90. The maximum atomic E-state index is 13.1. The van der Waals surface area contributed by atoms with Gasteiger partial charge in [-0.2, -0.15) is 0 Å². The normalized spacial score (nSPS) is 10.8. The van der Waals surface area contributed by atoms with Gasteiger partial charge in [0.05, 0.1) is 5.52 Å². The molecule has 0 aliphatic heterocycles. The molecule has 0 bridgehead atoms. The molecule has 0 unspecified atom stereocenters. The Kier molecular flexibility index (Phi) is 2.95. The Morgan fingerprint density at radius 1 is 1.20 bits per heavy atom. The number of oxazole rings is 1. The van der Waals surface area contributed by atoms with E-state index in [0.29, 0.717) is 22.2 Å². The summed E-state index contributed by atoms with van der Waals surface area (Å²) < 4.78 is 18.0. The molecule has 100 valence electrons. The first-order valence-corrected chi connectivity index (χ1v) is 6.02. The van der Waals surface area contributed by atoms with Crippen LogP contribution in [0.1, 0.15) is 15.9 Å². The zero-order chi connectivity index (χ0) is 14.1. The third-order valence-corrected chi connectivity index (χ3v) is 3.00. The number of carbonyl (C=O) groups is 1. The molecule has 3 rings (SSSR count). The molecule has 1 aromatic heterocycles. The highest BCUT2D eigenvalue weighted by Gasteiger charge is 2.10. The Labute approximate surface area is 112 Å². The first-order chi connectivity index (χ1) is 9.61. The average Bonchev–Trinajstić information content (AvgIpc) is 2.77. The van der Waals surface area contributed by atoms with Crippen molar-refractivity contribution in [3.05, 3.63) is 70.0 Å². The second kappa shape index (κ2) is 4.77. The molecule has 0 spiro atoms. The number of hydrogen-bond donors (Lipinski definition) is 1. The van der Waals surface area contributed by atoms with Gasteiger partial charge >= 0.3 is 5.76 Å². The molecule has 0 saturated carbocycles. The van der Waals surface area contributed by atoms with E-state index < -0.39 is 5.76 Å². The van der Waals surface area contributed by atoms with Crippen LogP contribution < -0.4 is 5.76 Å². The van der Waals surface area contributed by atoms with Gasteiger partial charge in [-0.3, -0.25) is 9.78 Å². The largest absolute Gasteiger partial charge is 0.417 e. The van der Waals surface area contributed by atoms with Crippen molar-refractivity contribution >= 4 is 16.9 Å². The minimum Gasteiger partial charge on any atom is -0.408 e. The van der Waals surface area contributed by atoms with E-state index in [-0.39, 0.29) is 18.0 Å². The lowest BCUT2D eigenvalue weighted by molar-refractivity contribution is 0.0993. The average molecular weight is 271 g/mol. The number of benzene rings is 2. The molecule has 0 aliphatic rings. The number of rotatable bonds is 3. The summed E-state index contributed by atoms with van der Waals surface area (Å²) >= 11 is 0. The summed E-state index contributed by atoms with van der Waals surface area (Å²) in [6.07, 6.45) is 0.0952. The van der Waals surface area contributed by atoms with Crippen molar-refractivity contribution in [2.45, 2.75) is 6.42 Å². The highest BCUT2D eigenvalue weighted by atomic mass is 19.1. The molecule has 5 heteroatoms. The molecule has 0 aliphatic carbocycles. The van der Waals surface area contributed by atoms with Gasteiger partial charge in [0.1, 0.15) is 5.82 Å². The van der Waals surface area contributed by atoms with Gasteiger partial charge in [-0.05, 0) is 35.9 Å². The van der Waals surface area contributed by atoms with Crippen molar-refractivity contribution in [3.63, 3.8) is 0 Å². The number of aromatic nitrogens is 1. The van der Waals surface area contributed by atoms with Crippen LogP contribution in [0.15, 0.2) is 51.7 Å². The molecule has 0 amide bonds. The molecule has 2 aromatic carbocycles. The zero-order valence-electron chi connectivity index (χ0n) is 10.4. The standard InChI is InChI=1S/C15H10FNO3/c16-11-3-1-2-9(6-11)7-13(18)10-4-5-12-14(8-10)20-15(19)17-12/h1-6,8H,7H2,(H,17,19). The number of fused-ring (bicyclic) bond motifs is 1. The summed E-state index contributed by atoms with van der Waals surface area (Å²) in [5.74, 6) is -1.10. The number of aromatic amines is 1. The van der Waals surface area contributed by atoms with Crippen LogP contribution in [0.5, 0.6) is 0 Å². The number of ketones is 1. The molecule has 0 atom stereocenters. The van der Waals surface area contributed by atoms with E-state index in [0.717, 1.165) is 0 Å². The van der Waals surface area contributed by atoms with Crippen LogP contribution >= 0.6 is 0 Å². The lowest BCUT2D eigenvalue weighted by Crippen LogP contribution is -2.03. The SMILES string of the molecule is O=C(Cc1cccc(F)c1)c1ccc2[nH]c(=O)oc2c1. The molecule has 20 heavy (non-hydrogen) atoms. The molecule has 4 nitrogen and oxygen atoms in total. The summed E-state index contributed by atoms with van der Waals surface area (Å²) in [6, 6.07) is 10.6. The smallest absolute Gasteiger partial charge is 0.408 e. The molecular weight excluding hydrogens is 261 g/mol. The first kappa shape index (κ1) is 12.3. The highest BCUT2D eigenvalue weighted by Crippen LogP contribution is 2.15. The first-order valence-electron chi connectivity index (χ1n) is 6.02. The summed E-state index contributed by atoms with van der Waals surface area (Å²) in [5, 5.41) is 0. The highest BCUT2D eigenvalue weighted by molar-refractivity contribution is 5.99. The van der Waals surface area contributed by atoms with E-state index in [1.165, 1.54) is 18.2 Å². The van der Waals surface area contributed by atoms with Gasteiger partial charge in [-0.1, -0.05) is 12.1 Å². The van der Waals surface area contributed by atoms with Gasteiger partial charge in [0, 0.05) is 12.0 Å². The van der Waals surface area contributed by atoms with Crippen molar-refractivity contribution in [1.82, 2.24) is 4.98 Å². The molecule has 0 radical (unpaired) electrons.